The average Bonchev–Trinajstić information content (AvgIpc) is 3.51. The Bertz CT molecular complexity index is 913. The van der Waals surface area contributed by atoms with Gasteiger partial charge in [-0.05, 0) is 48.2 Å². The number of halogens is 6. The van der Waals surface area contributed by atoms with Crippen LogP contribution < -0.4 is 4.74 Å². The van der Waals surface area contributed by atoms with Crippen LogP contribution in [0.25, 0.3) is 6.08 Å². The fraction of sp³-hybridized carbons (Fsp3) is 0.318. The Morgan fingerprint density at radius 3 is 2.23 bits per heavy atom. The lowest BCUT2D eigenvalue weighted by atomic mass is 9.97. The first-order valence-corrected chi connectivity index (χ1v) is 10.4. The third-order valence-corrected chi connectivity index (χ3v) is 5.93. The summed E-state index contributed by atoms with van der Waals surface area (Å²) in [7, 11) is 0. The third-order valence-electron chi connectivity index (χ3n) is 4.73. The van der Waals surface area contributed by atoms with Gasteiger partial charge in [0.25, 0.3) is 0 Å². The highest BCUT2D eigenvalue weighted by atomic mass is 35.5. The zero-order valence-corrected chi connectivity index (χ0v) is 18.0. The van der Waals surface area contributed by atoms with Gasteiger partial charge in [-0.25, -0.2) is 0 Å². The van der Waals surface area contributed by atoms with Gasteiger partial charge in [0.1, 0.15) is 11.5 Å². The molecule has 1 aliphatic rings. The molecule has 30 heavy (non-hydrogen) atoms. The Hall–Kier alpha value is -1.69. The van der Waals surface area contributed by atoms with Gasteiger partial charge in [-0.1, -0.05) is 59.1 Å². The van der Waals surface area contributed by atoms with Gasteiger partial charge >= 0.3 is 6.18 Å². The van der Waals surface area contributed by atoms with Crippen molar-refractivity contribution in [3.8, 4) is 5.75 Å². The van der Waals surface area contributed by atoms with E-state index in [2.05, 4.69) is 0 Å². The molecule has 0 heterocycles. The summed E-state index contributed by atoms with van der Waals surface area (Å²) < 4.78 is 46.3. The number of benzene rings is 2. The zero-order valence-electron chi connectivity index (χ0n) is 15.7. The van der Waals surface area contributed by atoms with Crippen LogP contribution in [0.5, 0.6) is 5.75 Å². The molecule has 0 radical (unpaired) electrons. The van der Waals surface area contributed by atoms with E-state index in [9.17, 15) is 18.0 Å². The molecule has 1 fully saturated rings. The normalized spacial score (nSPS) is 15.4. The number of ketones is 1. The topological polar surface area (TPSA) is 26.3 Å². The van der Waals surface area contributed by atoms with E-state index in [-0.39, 0.29) is 32.3 Å². The zero-order chi connectivity index (χ0) is 21.9. The van der Waals surface area contributed by atoms with E-state index in [4.69, 9.17) is 39.5 Å². The monoisotopic (exact) mass is 476 g/mol. The summed E-state index contributed by atoms with van der Waals surface area (Å²) in [5.41, 5.74) is 0.468. The molecule has 0 bridgehead atoms. The molecule has 0 saturated heterocycles. The molecule has 0 aliphatic heterocycles. The van der Waals surface area contributed by atoms with Crippen LogP contribution in [0.2, 0.25) is 15.1 Å². The van der Waals surface area contributed by atoms with E-state index in [1.807, 2.05) is 0 Å². The Morgan fingerprint density at radius 2 is 1.70 bits per heavy atom. The summed E-state index contributed by atoms with van der Waals surface area (Å²) in [6.07, 6.45) is 0.176. The Balaban J connectivity index is 1.67. The van der Waals surface area contributed by atoms with E-state index in [0.29, 0.717) is 24.3 Å². The van der Waals surface area contributed by atoms with Crippen molar-refractivity contribution in [2.75, 3.05) is 6.61 Å². The first-order valence-electron chi connectivity index (χ1n) is 9.30. The van der Waals surface area contributed by atoms with Crippen LogP contribution in [0.4, 0.5) is 13.2 Å². The van der Waals surface area contributed by atoms with Crippen LogP contribution in [-0.2, 0) is 4.79 Å². The SMILES string of the molecule is O=C(CCOc1ccc(/C=C/C(c2cc(Cl)c(Cl)c(Cl)c2)C(F)(F)F)cc1)C1CC1. The van der Waals surface area contributed by atoms with E-state index < -0.39 is 12.1 Å². The summed E-state index contributed by atoms with van der Waals surface area (Å²) in [6.45, 7) is 0.290. The maximum absolute atomic E-state index is 13.6. The third kappa shape index (κ3) is 6.16. The largest absolute Gasteiger partial charge is 0.493 e. The summed E-state index contributed by atoms with van der Waals surface area (Å²) >= 11 is 17.6. The quantitative estimate of drug-likeness (QED) is 0.363. The van der Waals surface area contributed by atoms with Crippen LogP contribution in [-0.4, -0.2) is 18.6 Å². The van der Waals surface area contributed by atoms with Gasteiger partial charge in [-0.3, -0.25) is 4.79 Å². The van der Waals surface area contributed by atoms with Crippen LogP contribution in [0.3, 0.4) is 0 Å². The molecular formula is C22H18Cl3F3O2. The predicted molar refractivity (Wildman–Crippen MR) is 114 cm³/mol. The number of alkyl halides is 3. The minimum absolute atomic E-state index is 0.0152. The molecule has 0 amide bonds. The van der Waals surface area contributed by atoms with E-state index in [1.165, 1.54) is 6.08 Å². The van der Waals surface area contributed by atoms with Gasteiger partial charge in [-0.2, -0.15) is 13.2 Å². The van der Waals surface area contributed by atoms with Gasteiger partial charge in [0.15, 0.2) is 0 Å². The fourth-order valence-electron chi connectivity index (χ4n) is 2.93. The van der Waals surface area contributed by atoms with Crippen LogP contribution >= 0.6 is 34.8 Å². The highest BCUT2D eigenvalue weighted by molar-refractivity contribution is 6.48. The first kappa shape index (κ1) is 23.0. The van der Waals surface area contributed by atoms with Gasteiger partial charge in [0.2, 0.25) is 0 Å². The number of hydrogen-bond acceptors (Lipinski definition) is 2. The fourth-order valence-corrected chi connectivity index (χ4v) is 3.54. The predicted octanol–water partition coefficient (Wildman–Crippen LogP) is 7.75. The molecule has 0 spiro atoms. The van der Waals surface area contributed by atoms with Crippen molar-refractivity contribution in [2.45, 2.75) is 31.4 Å². The molecule has 160 valence electrons. The van der Waals surface area contributed by atoms with Crippen LogP contribution in [0.1, 0.15) is 36.3 Å². The second-order valence-corrected chi connectivity index (χ2v) is 8.28. The maximum Gasteiger partial charge on any atom is 0.399 e. The van der Waals surface area contributed by atoms with Gasteiger partial charge in [-0.15, -0.1) is 0 Å². The second-order valence-electron chi connectivity index (χ2n) is 7.09. The van der Waals surface area contributed by atoms with Crippen LogP contribution in [0.15, 0.2) is 42.5 Å². The van der Waals surface area contributed by atoms with Crippen molar-refractivity contribution in [2.24, 2.45) is 5.92 Å². The molecule has 1 unspecified atom stereocenters. The van der Waals surface area contributed by atoms with E-state index in [0.717, 1.165) is 31.1 Å². The van der Waals surface area contributed by atoms with E-state index >= 15 is 0 Å². The molecule has 1 aliphatic carbocycles. The first-order chi connectivity index (χ1) is 14.1. The van der Waals surface area contributed by atoms with Crippen molar-refractivity contribution < 1.29 is 22.7 Å². The molecule has 8 heteroatoms. The molecule has 1 atom stereocenters. The summed E-state index contributed by atoms with van der Waals surface area (Å²) in [5.74, 6) is -0.920. The number of rotatable bonds is 8. The maximum atomic E-state index is 13.6. The minimum atomic E-state index is -4.53. The average molecular weight is 478 g/mol. The van der Waals surface area contributed by atoms with Crippen molar-refractivity contribution in [1.82, 2.24) is 0 Å². The summed E-state index contributed by atoms with van der Waals surface area (Å²) in [6, 6.07) is 8.92. The number of Topliss-reactive ketones (excluding diaryl/α,β-unsaturated/α-hetero) is 1. The number of hydrogen-bond donors (Lipinski definition) is 0. The lowest BCUT2D eigenvalue weighted by Crippen LogP contribution is -2.19. The van der Waals surface area contributed by atoms with Gasteiger partial charge in [0, 0.05) is 12.3 Å². The van der Waals surface area contributed by atoms with Crippen LogP contribution in [0, 0.1) is 5.92 Å². The summed E-state index contributed by atoms with van der Waals surface area (Å²) in [5, 5.41) is -0.0617. The smallest absolute Gasteiger partial charge is 0.399 e. The Labute approximate surface area is 187 Å². The lowest BCUT2D eigenvalue weighted by Gasteiger charge is -2.18. The summed E-state index contributed by atoms with van der Waals surface area (Å²) in [4.78, 5) is 11.7. The Morgan fingerprint density at radius 1 is 1.10 bits per heavy atom. The molecule has 2 aromatic carbocycles. The lowest BCUT2D eigenvalue weighted by molar-refractivity contribution is -0.139. The number of carbonyl (C=O) groups is 1. The molecule has 0 aromatic heterocycles. The van der Waals surface area contributed by atoms with Crippen molar-refractivity contribution in [3.63, 3.8) is 0 Å². The van der Waals surface area contributed by atoms with Crippen molar-refractivity contribution in [3.05, 3.63) is 68.7 Å². The van der Waals surface area contributed by atoms with Crippen molar-refractivity contribution in [1.29, 1.82) is 0 Å². The van der Waals surface area contributed by atoms with Gasteiger partial charge in [0.05, 0.1) is 27.6 Å². The number of allylic oxidation sites excluding steroid dienone is 1. The molecule has 2 aromatic rings. The molecule has 0 N–H and O–H groups in total. The Kier molecular flexibility index (Phi) is 7.38. The molecule has 2 nitrogen and oxygen atoms in total. The standard InChI is InChI=1S/C22H18Cl3F3O2/c23-18-11-15(12-19(24)21(18)25)17(22(26,27)28)8-3-13-1-6-16(7-2-13)30-10-9-20(29)14-4-5-14/h1-3,6-8,11-12,14,17H,4-5,9-10H2/b8-3+. The second kappa shape index (κ2) is 9.63. The highest BCUT2D eigenvalue weighted by Crippen LogP contribution is 2.41. The van der Waals surface area contributed by atoms with E-state index in [1.54, 1.807) is 24.3 Å². The molecule has 1 saturated carbocycles. The highest BCUT2D eigenvalue weighted by Gasteiger charge is 2.39. The molecular weight excluding hydrogens is 460 g/mol. The van der Waals surface area contributed by atoms with Gasteiger partial charge < -0.3 is 4.74 Å². The molecule has 3 rings (SSSR count). The number of ether oxygens (including phenoxy) is 1. The van der Waals surface area contributed by atoms with Crippen molar-refractivity contribution >= 4 is 46.7 Å². The number of carbonyl (C=O) groups excluding carboxylic acids is 1. The minimum Gasteiger partial charge on any atom is -0.493 e.